The SMILES string of the molecule is Cc1cccc2c(C3C(=O)C(=O)CC(=O)C3=O)c[nH]c12. The monoisotopic (exact) mass is 269 g/mol. The van der Waals surface area contributed by atoms with Gasteiger partial charge in [-0.3, -0.25) is 19.2 Å². The Labute approximate surface area is 114 Å². The minimum absolute atomic E-state index is 0.403. The molecule has 1 saturated carbocycles. The predicted molar refractivity (Wildman–Crippen MR) is 70.4 cm³/mol. The molecule has 1 aromatic heterocycles. The van der Waals surface area contributed by atoms with Gasteiger partial charge < -0.3 is 4.98 Å². The van der Waals surface area contributed by atoms with Gasteiger partial charge in [-0.25, -0.2) is 0 Å². The Morgan fingerprint density at radius 1 is 1.05 bits per heavy atom. The molecule has 0 amide bonds. The lowest BCUT2D eigenvalue weighted by molar-refractivity contribution is -0.149. The van der Waals surface area contributed by atoms with Crippen molar-refractivity contribution in [1.82, 2.24) is 4.98 Å². The Balaban J connectivity index is 2.21. The highest BCUT2D eigenvalue weighted by Gasteiger charge is 2.43. The molecule has 1 N–H and O–H groups in total. The van der Waals surface area contributed by atoms with E-state index < -0.39 is 35.5 Å². The number of fused-ring (bicyclic) bond motifs is 1. The van der Waals surface area contributed by atoms with Crippen molar-refractivity contribution in [3.8, 4) is 0 Å². The molecule has 20 heavy (non-hydrogen) atoms. The van der Waals surface area contributed by atoms with Gasteiger partial charge in [-0.1, -0.05) is 18.2 Å². The van der Waals surface area contributed by atoms with Crippen LogP contribution in [0.5, 0.6) is 0 Å². The van der Waals surface area contributed by atoms with Crippen LogP contribution in [0, 0.1) is 6.92 Å². The number of carbonyl (C=O) groups is 4. The smallest absolute Gasteiger partial charge is 0.214 e. The summed E-state index contributed by atoms with van der Waals surface area (Å²) < 4.78 is 0. The van der Waals surface area contributed by atoms with Gasteiger partial charge in [-0.05, 0) is 18.1 Å². The second-order valence-corrected chi connectivity index (χ2v) is 4.93. The second kappa shape index (κ2) is 4.23. The summed E-state index contributed by atoms with van der Waals surface area (Å²) in [5.41, 5.74) is 2.16. The molecule has 2 aromatic rings. The van der Waals surface area contributed by atoms with E-state index in [4.69, 9.17) is 0 Å². The van der Waals surface area contributed by atoms with Crippen LogP contribution in [0.3, 0.4) is 0 Å². The number of aromatic amines is 1. The maximum Gasteiger partial charge on any atom is 0.214 e. The maximum absolute atomic E-state index is 12.0. The molecule has 0 saturated heterocycles. The summed E-state index contributed by atoms with van der Waals surface area (Å²) in [5, 5.41) is 0.694. The third-order valence-corrected chi connectivity index (χ3v) is 3.66. The van der Waals surface area contributed by atoms with Crippen LogP contribution in [0.25, 0.3) is 10.9 Å². The number of hydrogen-bond donors (Lipinski definition) is 1. The summed E-state index contributed by atoms with van der Waals surface area (Å²) in [6.07, 6.45) is 0.930. The van der Waals surface area contributed by atoms with Crippen molar-refractivity contribution in [3.05, 3.63) is 35.5 Å². The zero-order valence-electron chi connectivity index (χ0n) is 10.7. The molecule has 5 heteroatoms. The Hall–Kier alpha value is -2.56. The van der Waals surface area contributed by atoms with E-state index in [1.807, 2.05) is 13.0 Å². The Morgan fingerprint density at radius 3 is 2.35 bits per heavy atom. The fourth-order valence-electron chi connectivity index (χ4n) is 2.61. The molecule has 1 aromatic carbocycles. The van der Waals surface area contributed by atoms with Gasteiger partial charge in [-0.2, -0.15) is 0 Å². The van der Waals surface area contributed by atoms with E-state index in [0.717, 1.165) is 11.1 Å². The Kier molecular flexibility index (Phi) is 2.64. The lowest BCUT2D eigenvalue weighted by Crippen LogP contribution is -2.40. The van der Waals surface area contributed by atoms with Crippen molar-refractivity contribution < 1.29 is 19.2 Å². The molecule has 100 valence electrons. The van der Waals surface area contributed by atoms with Crippen molar-refractivity contribution in [2.75, 3.05) is 0 Å². The average Bonchev–Trinajstić information content (AvgIpc) is 2.83. The molecule has 0 spiro atoms. The zero-order chi connectivity index (χ0) is 14.4. The topological polar surface area (TPSA) is 84.1 Å². The van der Waals surface area contributed by atoms with E-state index >= 15 is 0 Å². The molecule has 5 nitrogen and oxygen atoms in total. The number of Topliss-reactive ketones (excluding diaryl/α,β-unsaturated/α-hetero) is 4. The number of rotatable bonds is 1. The first-order valence-corrected chi connectivity index (χ1v) is 6.21. The molecule has 1 fully saturated rings. The van der Waals surface area contributed by atoms with Gasteiger partial charge in [0.05, 0.1) is 6.42 Å². The number of benzene rings is 1. The van der Waals surface area contributed by atoms with Crippen LogP contribution in [0.1, 0.15) is 23.5 Å². The minimum Gasteiger partial charge on any atom is -0.361 e. The molecule has 0 bridgehead atoms. The van der Waals surface area contributed by atoms with Crippen LogP contribution in [0.15, 0.2) is 24.4 Å². The van der Waals surface area contributed by atoms with Crippen LogP contribution >= 0.6 is 0 Å². The zero-order valence-corrected chi connectivity index (χ0v) is 10.7. The lowest BCUT2D eigenvalue weighted by Gasteiger charge is -2.16. The van der Waals surface area contributed by atoms with Gasteiger partial charge in [0.25, 0.3) is 0 Å². The van der Waals surface area contributed by atoms with Gasteiger partial charge in [0, 0.05) is 17.1 Å². The van der Waals surface area contributed by atoms with Crippen LogP contribution in [-0.4, -0.2) is 28.1 Å². The molecule has 0 unspecified atom stereocenters. The first kappa shape index (κ1) is 12.5. The molecule has 3 rings (SSSR count). The summed E-state index contributed by atoms with van der Waals surface area (Å²) in [6, 6.07) is 5.46. The number of aryl methyl sites for hydroxylation is 1. The second-order valence-electron chi connectivity index (χ2n) is 4.93. The number of nitrogens with one attached hydrogen (secondary N) is 1. The lowest BCUT2D eigenvalue weighted by atomic mass is 9.80. The molecule has 0 aliphatic heterocycles. The van der Waals surface area contributed by atoms with Gasteiger partial charge in [-0.15, -0.1) is 0 Å². The summed E-state index contributed by atoms with van der Waals surface area (Å²) >= 11 is 0. The third-order valence-electron chi connectivity index (χ3n) is 3.66. The maximum atomic E-state index is 12.0. The summed E-state index contributed by atoms with van der Waals surface area (Å²) in [7, 11) is 0. The van der Waals surface area contributed by atoms with Crippen LogP contribution in [-0.2, 0) is 19.2 Å². The number of ketones is 4. The van der Waals surface area contributed by atoms with Crippen molar-refractivity contribution in [2.24, 2.45) is 0 Å². The van der Waals surface area contributed by atoms with Crippen molar-refractivity contribution >= 4 is 34.0 Å². The van der Waals surface area contributed by atoms with E-state index in [9.17, 15) is 19.2 Å². The fraction of sp³-hybridized carbons (Fsp3) is 0.200. The van der Waals surface area contributed by atoms with Gasteiger partial charge in [0.2, 0.25) is 23.1 Å². The standard InChI is InChI=1S/C15H11NO4/c1-7-3-2-4-8-9(6-16-13(7)8)12-14(19)10(17)5-11(18)15(12)20/h2-4,6,12,16H,5H2,1H3. The average molecular weight is 269 g/mol. The molecule has 1 aliphatic carbocycles. The van der Waals surface area contributed by atoms with Crippen LogP contribution in [0.2, 0.25) is 0 Å². The fourth-order valence-corrected chi connectivity index (χ4v) is 2.61. The van der Waals surface area contributed by atoms with Gasteiger partial charge >= 0.3 is 0 Å². The summed E-state index contributed by atoms with van der Waals surface area (Å²) in [5.74, 6) is -4.46. The highest BCUT2D eigenvalue weighted by atomic mass is 16.2. The number of para-hydroxylation sites is 1. The van der Waals surface area contributed by atoms with E-state index in [1.165, 1.54) is 6.20 Å². The first-order chi connectivity index (χ1) is 9.50. The summed E-state index contributed by atoms with van der Waals surface area (Å²) in [6.45, 7) is 1.89. The quantitative estimate of drug-likeness (QED) is 0.623. The number of hydrogen-bond acceptors (Lipinski definition) is 4. The third kappa shape index (κ3) is 1.63. The van der Waals surface area contributed by atoms with Crippen molar-refractivity contribution in [3.63, 3.8) is 0 Å². The highest BCUT2D eigenvalue weighted by Crippen LogP contribution is 2.31. The van der Waals surface area contributed by atoms with Crippen LogP contribution in [0.4, 0.5) is 0 Å². The Bertz CT molecular complexity index is 758. The number of carbonyl (C=O) groups excluding carboxylic acids is 4. The summed E-state index contributed by atoms with van der Waals surface area (Å²) in [4.78, 5) is 50.0. The Morgan fingerprint density at radius 2 is 1.70 bits per heavy atom. The number of aromatic nitrogens is 1. The van der Waals surface area contributed by atoms with Crippen molar-refractivity contribution in [1.29, 1.82) is 0 Å². The molecule has 0 radical (unpaired) electrons. The van der Waals surface area contributed by atoms with Crippen molar-refractivity contribution in [2.45, 2.75) is 19.3 Å². The predicted octanol–water partition coefficient (Wildman–Crippen LogP) is 1.24. The van der Waals surface area contributed by atoms with E-state index in [-0.39, 0.29) is 0 Å². The highest BCUT2D eigenvalue weighted by molar-refractivity contribution is 6.61. The molecule has 0 atom stereocenters. The molecular formula is C15H11NO4. The van der Waals surface area contributed by atoms with E-state index in [0.29, 0.717) is 10.9 Å². The molecule has 1 aliphatic rings. The van der Waals surface area contributed by atoms with E-state index in [2.05, 4.69) is 4.98 Å². The normalized spacial score (nSPS) is 17.2. The molecular weight excluding hydrogens is 258 g/mol. The largest absolute Gasteiger partial charge is 0.361 e. The first-order valence-electron chi connectivity index (χ1n) is 6.21. The molecule has 1 heterocycles. The minimum atomic E-state index is -1.29. The van der Waals surface area contributed by atoms with Gasteiger partial charge in [0.15, 0.2) is 0 Å². The number of H-pyrrole nitrogens is 1. The van der Waals surface area contributed by atoms with Gasteiger partial charge in [0.1, 0.15) is 5.92 Å². The van der Waals surface area contributed by atoms with E-state index in [1.54, 1.807) is 12.1 Å². The van der Waals surface area contributed by atoms with Crippen LogP contribution < -0.4 is 0 Å².